The standard InChI is InChI=1S/C31H44O6/c1-7-9-26(34)36-19(4)29(37-27(35)10-8-2)23-17-25(33)30(5)14-13-24-22(28(23)30)12-11-20-16-21(32)15-18(3)31(20,24)6/h15-16,19,22-24,28-29H,7-14,17H2,1-6H3/t19-,22+,23+,24-,28+,29-,30+,31-/m0/s1. The molecule has 6 heteroatoms. The molecule has 8 atom stereocenters. The van der Waals surface area contributed by atoms with Crippen molar-refractivity contribution in [3.05, 3.63) is 23.3 Å². The maximum Gasteiger partial charge on any atom is 0.306 e. The Kier molecular flexibility index (Phi) is 7.88. The minimum atomic E-state index is -0.649. The number of ether oxygens (including phenoxy) is 2. The van der Waals surface area contributed by atoms with E-state index in [0.717, 1.165) is 31.3 Å². The molecule has 4 rings (SSSR count). The number of Topliss-reactive ketones (excluding diaryl/α,β-unsaturated/α-hetero) is 1. The molecule has 0 radical (unpaired) electrons. The first kappa shape index (κ1) is 27.8. The van der Waals surface area contributed by atoms with Gasteiger partial charge in [-0.05, 0) is 82.3 Å². The van der Waals surface area contributed by atoms with E-state index in [9.17, 15) is 19.2 Å². The molecule has 0 bridgehead atoms. The van der Waals surface area contributed by atoms with E-state index in [-0.39, 0.29) is 46.7 Å². The van der Waals surface area contributed by atoms with Crippen LogP contribution in [0.4, 0.5) is 0 Å². The minimum absolute atomic E-state index is 0.0364. The Morgan fingerprint density at radius 2 is 1.68 bits per heavy atom. The van der Waals surface area contributed by atoms with Gasteiger partial charge in [0.05, 0.1) is 0 Å². The van der Waals surface area contributed by atoms with Gasteiger partial charge in [-0.1, -0.05) is 38.8 Å². The third-order valence-corrected chi connectivity index (χ3v) is 10.2. The molecule has 6 nitrogen and oxygen atoms in total. The molecule has 0 aromatic rings. The van der Waals surface area contributed by atoms with Crippen molar-refractivity contribution in [1.29, 1.82) is 0 Å². The number of ketones is 2. The molecular formula is C31H44O6. The van der Waals surface area contributed by atoms with Gasteiger partial charge in [0.25, 0.3) is 0 Å². The lowest BCUT2D eigenvalue weighted by molar-refractivity contribution is -0.176. The highest BCUT2D eigenvalue weighted by molar-refractivity contribution is 6.02. The molecule has 0 aliphatic heterocycles. The quantitative estimate of drug-likeness (QED) is 0.375. The van der Waals surface area contributed by atoms with Gasteiger partial charge in [0.2, 0.25) is 0 Å². The lowest BCUT2D eigenvalue weighted by Gasteiger charge is -2.58. The number of hydrogen-bond donors (Lipinski definition) is 0. The second-order valence-electron chi connectivity index (χ2n) is 12.3. The molecule has 4 aliphatic carbocycles. The second-order valence-corrected chi connectivity index (χ2v) is 12.3. The van der Waals surface area contributed by atoms with Gasteiger partial charge in [-0.2, -0.15) is 0 Å². The zero-order valence-corrected chi connectivity index (χ0v) is 23.4. The second kappa shape index (κ2) is 10.5. The van der Waals surface area contributed by atoms with Crippen molar-refractivity contribution >= 4 is 23.5 Å². The Labute approximate surface area is 221 Å². The van der Waals surface area contributed by atoms with Crippen LogP contribution in [0.3, 0.4) is 0 Å². The normalized spacial score (nSPS) is 36.4. The smallest absolute Gasteiger partial charge is 0.306 e. The maximum absolute atomic E-state index is 13.6. The van der Waals surface area contributed by atoms with Crippen molar-refractivity contribution in [3.63, 3.8) is 0 Å². The third-order valence-electron chi connectivity index (χ3n) is 10.2. The van der Waals surface area contributed by atoms with E-state index in [1.165, 1.54) is 5.57 Å². The number of carbonyl (C=O) groups is 4. The van der Waals surface area contributed by atoms with Crippen LogP contribution in [0.1, 0.15) is 99.3 Å². The summed E-state index contributed by atoms with van der Waals surface area (Å²) in [5.41, 5.74) is 1.66. The highest BCUT2D eigenvalue weighted by Gasteiger charge is 2.64. The molecule has 37 heavy (non-hydrogen) atoms. The van der Waals surface area contributed by atoms with Crippen molar-refractivity contribution in [3.8, 4) is 0 Å². The molecule has 0 heterocycles. The summed E-state index contributed by atoms with van der Waals surface area (Å²) in [7, 11) is 0. The van der Waals surface area contributed by atoms with E-state index in [4.69, 9.17) is 9.47 Å². The van der Waals surface area contributed by atoms with Gasteiger partial charge in [0.15, 0.2) is 5.78 Å². The average molecular weight is 513 g/mol. The Bertz CT molecular complexity index is 1020. The predicted molar refractivity (Wildman–Crippen MR) is 140 cm³/mol. The molecule has 4 aliphatic rings. The Morgan fingerprint density at radius 3 is 2.32 bits per heavy atom. The van der Waals surface area contributed by atoms with Crippen LogP contribution in [0, 0.1) is 34.5 Å². The van der Waals surface area contributed by atoms with Crippen LogP contribution < -0.4 is 0 Å². The molecule has 0 amide bonds. The number of hydrogen-bond acceptors (Lipinski definition) is 6. The summed E-state index contributed by atoms with van der Waals surface area (Å²) in [6.07, 6.45) is 8.12. The van der Waals surface area contributed by atoms with Gasteiger partial charge in [-0.3, -0.25) is 19.2 Å². The van der Waals surface area contributed by atoms with Crippen LogP contribution in [-0.4, -0.2) is 35.7 Å². The van der Waals surface area contributed by atoms with Crippen molar-refractivity contribution in [1.82, 2.24) is 0 Å². The predicted octanol–water partition coefficient (Wildman–Crippen LogP) is 5.92. The monoisotopic (exact) mass is 512 g/mol. The van der Waals surface area contributed by atoms with Crippen LogP contribution in [0.2, 0.25) is 0 Å². The summed E-state index contributed by atoms with van der Waals surface area (Å²) in [4.78, 5) is 51.1. The fourth-order valence-corrected chi connectivity index (χ4v) is 8.31. The van der Waals surface area contributed by atoms with Gasteiger partial charge in [0.1, 0.15) is 18.0 Å². The zero-order chi connectivity index (χ0) is 27.1. The Hall–Kier alpha value is -2.24. The molecule has 0 aromatic heterocycles. The lowest BCUT2D eigenvalue weighted by Crippen LogP contribution is -2.54. The molecule has 0 aromatic carbocycles. The number of allylic oxidation sites excluding steroid dienone is 4. The van der Waals surface area contributed by atoms with Crippen molar-refractivity contribution in [2.45, 2.75) is 112 Å². The molecule has 204 valence electrons. The first-order chi connectivity index (χ1) is 17.5. The Balaban J connectivity index is 1.71. The summed E-state index contributed by atoms with van der Waals surface area (Å²) in [6, 6.07) is 0. The van der Waals surface area contributed by atoms with E-state index >= 15 is 0 Å². The van der Waals surface area contributed by atoms with Crippen molar-refractivity contribution < 1.29 is 28.7 Å². The number of esters is 2. The van der Waals surface area contributed by atoms with E-state index in [1.807, 2.05) is 19.9 Å². The fraction of sp³-hybridized carbons (Fsp3) is 0.742. The van der Waals surface area contributed by atoms with Gasteiger partial charge in [-0.25, -0.2) is 0 Å². The van der Waals surface area contributed by atoms with E-state index in [2.05, 4.69) is 20.8 Å². The lowest BCUT2D eigenvalue weighted by atomic mass is 9.46. The molecular weight excluding hydrogens is 468 g/mol. The SMILES string of the molecule is CCCC(=O)O[C@H]([C@@H]1CC(=O)[C@@]2(C)CC[C@H]3[C@@H](CCC4=CC(=O)C=C(C)[C@@]43C)[C@H]12)[C@H](C)OC(=O)CCC. The van der Waals surface area contributed by atoms with Crippen LogP contribution in [0.5, 0.6) is 0 Å². The summed E-state index contributed by atoms with van der Waals surface area (Å²) in [6.45, 7) is 12.1. The summed E-state index contributed by atoms with van der Waals surface area (Å²) in [5, 5.41) is 0. The largest absolute Gasteiger partial charge is 0.459 e. The van der Waals surface area contributed by atoms with Crippen molar-refractivity contribution in [2.75, 3.05) is 0 Å². The van der Waals surface area contributed by atoms with Crippen LogP contribution >= 0.6 is 0 Å². The molecule has 3 saturated carbocycles. The Morgan fingerprint density at radius 1 is 1.03 bits per heavy atom. The highest BCUT2D eigenvalue weighted by atomic mass is 16.6. The van der Waals surface area contributed by atoms with Gasteiger partial charge in [-0.15, -0.1) is 0 Å². The van der Waals surface area contributed by atoms with Gasteiger partial charge >= 0.3 is 11.9 Å². The fourth-order valence-electron chi connectivity index (χ4n) is 8.31. The number of carbonyl (C=O) groups excluding carboxylic acids is 4. The molecule has 0 saturated heterocycles. The van der Waals surface area contributed by atoms with E-state index < -0.39 is 17.6 Å². The van der Waals surface area contributed by atoms with Gasteiger partial charge < -0.3 is 9.47 Å². The number of fused-ring (bicyclic) bond motifs is 5. The first-order valence-corrected chi connectivity index (χ1v) is 14.3. The average Bonchev–Trinajstić information content (AvgIpc) is 3.09. The summed E-state index contributed by atoms with van der Waals surface area (Å²) in [5.74, 6) is 0.129. The van der Waals surface area contributed by atoms with Crippen LogP contribution in [0.25, 0.3) is 0 Å². The van der Waals surface area contributed by atoms with Crippen molar-refractivity contribution in [2.24, 2.45) is 34.5 Å². The molecule has 0 spiro atoms. The summed E-state index contributed by atoms with van der Waals surface area (Å²) < 4.78 is 11.8. The molecule has 0 unspecified atom stereocenters. The zero-order valence-electron chi connectivity index (χ0n) is 23.4. The van der Waals surface area contributed by atoms with Crippen LogP contribution in [-0.2, 0) is 28.7 Å². The molecule has 3 fully saturated rings. The van der Waals surface area contributed by atoms with E-state index in [0.29, 0.717) is 38.0 Å². The highest BCUT2D eigenvalue weighted by Crippen LogP contribution is 2.66. The van der Waals surface area contributed by atoms with E-state index in [1.54, 1.807) is 13.0 Å². The summed E-state index contributed by atoms with van der Waals surface area (Å²) >= 11 is 0. The van der Waals surface area contributed by atoms with Crippen LogP contribution in [0.15, 0.2) is 23.3 Å². The molecule has 0 N–H and O–H groups in total. The topological polar surface area (TPSA) is 86.7 Å². The minimum Gasteiger partial charge on any atom is -0.459 e. The maximum atomic E-state index is 13.6. The number of rotatable bonds is 8. The third kappa shape index (κ3) is 4.74. The van der Waals surface area contributed by atoms with Gasteiger partial charge in [0, 0.05) is 36.0 Å². The first-order valence-electron chi connectivity index (χ1n) is 14.3.